The summed E-state index contributed by atoms with van der Waals surface area (Å²) in [7, 11) is 3.24. The lowest BCUT2D eigenvalue weighted by atomic mass is 9.72. The van der Waals surface area contributed by atoms with E-state index >= 15 is 0 Å². The van der Waals surface area contributed by atoms with E-state index in [9.17, 15) is 4.79 Å². The van der Waals surface area contributed by atoms with Gasteiger partial charge in [-0.3, -0.25) is 4.79 Å². The maximum Gasteiger partial charge on any atom is 0.259 e. The van der Waals surface area contributed by atoms with Crippen molar-refractivity contribution in [1.82, 2.24) is 0 Å². The number of benzene rings is 2. The van der Waals surface area contributed by atoms with Gasteiger partial charge in [-0.25, -0.2) is 4.99 Å². The molecule has 1 aromatic heterocycles. The summed E-state index contributed by atoms with van der Waals surface area (Å²) < 4.78 is 11.9. The molecule has 5 nitrogen and oxygen atoms in total. The average molecular weight is 637 g/mol. The Labute approximate surface area is 235 Å². The lowest BCUT2D eigenvalue weighted by Gasteiger charge is -2.33. The van der Waals surface area contributed by atoms with E-state index in [0.717, 1.165) is 39.0 Å². The van der Waals surface area contributed by atoms with Crippen LogP contribution >= 0.6 is 45.5 Å². The molecular weight excluding hydrogens is 607 g/mol. The van der Waals surface area contributed by atoms with Crippen LogP contribution in [-0.4, -0.2) is 26.3 Å². The monoisotopic (exact) mass is 636 g/mol. The fourth-order valence-electron chi connectivity index (χ4n) is 4.51. The van der Waals surface area contributed by atoms with Crippen LogP contribution in [0.25, 0.3) is 0 Å². The van der Waals surface area contributed by atoms with Gasteiger partial charge in [-0.1, -0.05) is 32.4 Å². The van der Waals surface area contributed by atoms with Gasteiger partial charge in [0.05, 0.1) is 23.4 Å². The van der Waals surface area contributed by atoms with E-state index < -0.39 is 0 Å². The molecule has 0 aliphatic heterocycles. The number of amides is 1. The molecule has 0 radical (unpaired) electrons. The summed E-state index contributed by atoms with van der Waals surface area (Å²) in [4.78, 5) is 19.6. The minimum Gasteiger partial charge on any atom is -0.493 e. The minimum atomic E-state index is -0.141. The smallest absolute Gasteiger partial charge is 0.259 e. The quantitative estimate of drug-likeness (QED) is 0.219. The topological polar surface area (TPSA) is 59.9 Å². The van der Waals surface area contributed by atoms with Gasteiger partial charge in [0, 0.05) is 21.8 Å². The van der Waals surface area contributed by atoms with Gasteiger partial charge >= 0.3 is 0 Å². The van der Waals surface area contributed by atoms with Crippen LogP contribution in [0, 0.1) is 14.9 Å². The summed E-state index contributed by atoms with van der Waals surface area (Å²) in [5.41, 5.74) is 3.59. The molecule has 0 spiro atoms. The number of hydrogen-bond acceptors (Lipinski definition) is 5. The number of halogens is 2. The van der Waals surface area contributed by atoms with E-state index in [1.165, 1.54) is 4.88 Å². The van der Waals surface area contributed by atoms with Gasteiger partial charge in [0.1, 0.15) is 5.00 Å². The zero-order valence-electron chi connectivity index (χ0n) is 21.1. The summed E-state index contributed by atoms with van der Waals surface area (Å²) in [6.07, 6.45) is 4.70. The molecule has 0 fully saturated rings. The number of nitrogens with zero attached hydrogens (tertiary/aromatic N) is 1. The van der Waals surface area contributed by atoms with Gasteiger partial charge < -0.3 is 14.8 Å². The number of fused-ring (bicyclic) bond motifs is 1. The fraction of sp³-hybridized carbons (Fsp3) is 0.357. The Balaban J connectivity index is 1.72. The Bertz CT molecular complexity index is 1300. The van der Waals surface area contributed by atoms with Crippen LogP contribution < -0.4 is 14.8 Å². The highest BCUT2D eigenvalue weighted by atomic mass is 127. The maximum atomic E-state index is 13.5. The second-order valence-corrected chi connectivity index (χ2v) is 12.6. The first-order chi connectivity index (χ1) is 17.1. The lowest BCUT2D eigenvalue weighted by Crippen LogP contribution is -2.27. The summed E-state index contributed by atoms with van der Waals surface area (Å²) in [6, 6.07) is 11.0. The minimum absolute atomic E-state index is 0.141. The van der Waals surface area contributed by atoms with Crippen molar-refractivity contribution >= 4 is 68.3 Å². The average Bonchev–Trinajstić information content (AvgIpc) is 3.21. The van der Waals surface area contributed by atoms with Crippen molar-refractivity contribution in [2.24, 2.45) is 16.3 Å². The van der Waals surface area contributed by atoms with Crippen molar-refractivity contribution in [1.29, 1.82) is 0 Å². The Hall–Kier alpha value is -2.10. The molecular formula is C28H30ClIN2O3S. The molecule has 0 saturated heterocycles. The molecule has 2 aromatic carbocycles. The van der Waals surface area contributed by atoms with Crippen LogP contribution in [0.2, 0.25) is 5.02 Å². The molecule has 1 atom stereocenters. The van der Waals surface area contributed by atoms with Crippen molar-refractivity contribution in [3.05, 3.63) is 66.6 Å². The number of thiophene rings is 1. The van der Waals surface area contributed by atoms with Gasteiger partial charge in [0.2, 0.25) is 0 Å². The molecule has 1 N–H and O–H groups in total. The predicted molar refractivity (Wildman–Crippen MR) is 158 cm³/mol. The van der Waals surface area contributed by atoms with E-state index in [4.69, 9.17) is 26.1 Å². The normalized spacial score (nSPS) is 15.6. The summed E-state index contributed by atoms with van der Waals surface area (Å²) in [6.45, 7) is 6.88. The molecule has 1 amide bonds. The lowest BCUT2D eigenvalue weighted by molar-refractivity contribution is 0.102. The van der Waals surface area contributed by atoms with Gasteiger partial charge in [-0.05, 0) is 101 Å². The fourth-order valence-corrected chi connectivity index (χ4v) is 6.75. The second kappa shape index (κ2) is 11.1. The third-order valence-electron chi connectivity index (χ3n) is 6.59. The van der Waals surface area contributed by atoms with Gasteiger partial charge in [0.25, 0.3) is 5.91 Å². The van der Waals surface area contributed by atoms with Crippen molar-refractivity contribution in [2.45, 2.75) is 40.0 Å². The van der Waals surface area contributed by atoms with E-state index in [0.29, 0.717) is 33.7 Å². The number of carbonyl (C=O) groups is 1. The molecule has 190 valence electrons. The molecule has 0 bridgehead atoms. The first-order valence-corrected chi connectivity index (χ1v) is 14.0. The van der Waals surface area contributed by atoms with Crippen LogP contribution in [0.15, 0.2) is 41.4 Å². The number of rotatable bonds is 6. The predicted octanol–water partition coefficient (Wildman–Crippen LogP) is 8.18. The number of hydrogen-bond donors (Lipinski definition) is 1. The van der Waals surface area contributed by atoms with Crippen LogP contribution in [0.1, 0.15) is 53.6 Å². The molecule has 0 unspecified atom stereocenters. The third-order valence-corrected chi connectivity index (χ3v) is 8.80. The highest BCUT2D eigenvalue weighted by Gasteiger charge is 2.33. The molecule has 8 heteroatoms. The molecule has 0 saturated carbocycles. The summed E-state index contributed by atoms with van der Waals surface area (Å²) in [5.74, 6) is 1.77. The van der Waals surface area contributed by atoms with E-state index in [2.05, 4.69) is 48.7 Å². The first-order valence-electron chi connectivity index (χ1n) is 11.8. The number of methoxy groups -OCH3 is 2. The Morgan fingerprint density at radius 1 is 1.19 bits per heavy atom. The van der Waals surface area contributed by atoms with Crippen LogP contribution in [0.3, 0.4) is 0 Å². The van der Waals surface area contributed by atoms with E-state index in [-0.39, 0.29) is 11.3 Å². The SMILES string of the molecule is COc1cc(C=Nc2sc3c(c2C(=O)Nc2ccc(Cl)cc2)CC[C@H](C(C)(C)C)C3)cc(I)c1OC. The number of carbonyl (C=O) groups excluding carboxylic acids is 1. The summed E-state index contributed by atoms with van der Waals surface area (Å²) >= 11 is 9.87. The highest BCUT2D eigenvalue weighted by molar-refractivity contribution is 14.1. The zero-order chi connectivity index (χ0) is 26.0. The van der Waals surface area contributed by atoms with Crippen LogP contribution in [0.5, 0.6) is 11.5 Å². The summed E-state index contributed by atoms with van der Waals surface area (Å²) in [5, 5.41) is 4.40. The molecule has 3 aromatic rings. The largest absolute Gasteiger partial charge is 0.493 e. The van der Waals surface area contributed by atoms with E-state index in [1.807, 2.05) is 24.3 Å². The van der Waals surface area contributed by atoms with Gasteiger partial charge in [-0.15, -0.1) is 11.3 Å². The highest BCUT2D eigenvalue weighted by Crippen LogP contribution is 2.45. The number of anilines is 1. The maximum absolute atomic E-state index is 13.5. The third kappa shape index (κ3) is 5.89. The van der Waals surface area contributed by atoms with Crippen molar-refractivity contribution < 1.29 is 14.3 Å². The van der Waals surface area contributed by atoms with Crippen molar-refractivity contribution in [2.75, 3.05) is 19.5 Å². The van der Waals surface area contributed by atoms with Crippen molar-refractivity contribution in [3.63, 3.8) is 0 Å². The number of ether oxygens (including phenoxy) is 2. The number of nitrogens with one attached hydrogen (secondary N) is 1. The molecule has 1 aliphatic rings. The Kier molecular flexibility index (Phi) is 8.32. The molecule has 1 aliphatic carbocycles. The van der Waals surface area contributed by atoms with Gasteiger partial charge in [0.15, 0.2) is 11.5 Å². The van der Waals surface area contributed by atoms with E-state index in [1.54, 1.807) is 43.9 Å². The first kappa shape index (κ1) is 26.9. The molecule has 36 heavy (non-hydrogen) atoms. The number of aliphatic imine (C=N–C) groups is 1. The molecule has 4 rings (SSSR count). The van der Waals surface area contributed by atoms with Crippen LogP contribution in [0.4, 0.5) is 10.7 Å². The van der Waals surface area contributed by atoms with Crippen molar-refractivity contribution in [3.8, 4) is 11.5 Å². The van der Waals surface area contributed by atoms with Crippen LogP contribution in [-0.2, 0) is 12.8 Å². The Morgan fingerprint density at radius 2 is 1.92 bits per heavy atom. The van der Waals surface area contributed by atoms with Gasteiger partial charge in [-0.2, -0.15) is 0 Å². The second-order valence-electron chi connectivity index (χ2n) is 9.95. The standard InChI is InChI=1S/C28H30ClIN2O3S/c1-28(2,3)17-6-11-20-23(14-17)36-27(24(20)26(33)32-19-9-7-18(29)8-10-19)31-15-16-12-21(30)25(35-5)22(13-16)34-4/h7-10,12-13,15,17H,6,11,14H2,1-5H3,(H,32,33)/t17-/m0/s1. The Morgan fingerprint density at radius 3 is 2.56 bits per heavy atom. The zero-order valence-corrected chi connectivity index (χ0v) is 24.8. The molecule has 1 heterocycles.